The molecule has 0 amide bonds. The maximum absolute atomic E-state index is 12.6. The van der Waals surface area contributed by atoms with Crippen molar-refractivity contribution in [3.05, 3.63) is 45.1 Å². The number of nitrogens with zero attached hydrogens (tertiary/aromatic N) is 4. The first-order valence-corrected chi connectivity index (χ1v) is 8.55. The summed E-state index contributed by atoms with van der Waals surface area (Å²) in [7, 11) is 3.61. The first kappa shape index (κ1) is 19.8. The third-order valence-corrected chi connectivity index (χ3v) is 4.07. The molecule has 0 aliphatic rings. The molecule has 0 saturated heterocycles. The van der Waals surface area contributed by atoms with Gasteiger partial charge in [-0.3, -0.25) is 4.57 Å². The Labute approximate surface area is 162 Å². The zero-order valence-corrected chi connectivity index (χ0v) is 16.4. The van der Waals surface area contributed by atoms with Gasteiger partial charge in [-0.2, -0.15) is 5.26 Å². The monoisotopic (exact) mass is 392 g/mol. The number of aliphatic imine (C=N–C) groups is 1. The molecule has 0 unspecified atom stereocenters. The fourth-order valence-electron chi connectivity index (χ4n) is 2.44. The minimum Gasteiger partial charge on any atom is -0.461 e. The van der Waals surface area contributed by atoms with Gasteiger partial charge in [-0.25, -0.2) is 9.79 Å². The second-order valence-corrected chi connectivity index (χ2v) is 6.49. The van der Waals surface area contributed by atoms with E-state index in [0.717, 1.165) is 0 Å². The summed E-state index contributed by atoms with van der Waals surface area (Å²) in [6, 6.07) is 7.00. The highest BCUT2D eigenvalue weighted by molar-refractivity contribution is 6.35. The Morgan fingerprint density at radius 2 is 2.12 bits per heavy atom. The fourth-order valence-corrected chi connectivity index (χ4v) is 2.93. The van der Waals surface area contributed by atoms with Crippen LogP contribution in [0.4, 0.5) is 5.82 Å². The summed E-state index contributed by atoms with van der Waals surface area (Å²) >= 11 is 12.3. The minimum absolute atomic E-state index is 0.204. The van der Waals surface area contributed by atoms with Crippen LogP contribution in [-0.2, 0) is 4.74 Å². The fraction of sp³-hybridized carbons (Fsp3) is 0.278. The van der Waals surface area contributed by atoms with E-state index in [1.54, 1.807) is 57.4 Å². The van der Waals surface area contributed by atoms with Gasteiger partial charge in [-0.05, 0) is 32.0 Å². The lowest BCUT2D eigenvalue weighted by Gasteiger charge is -2.13. The summed E-state index contributed by atoms with van der Waals surface area (Å²) in [6.45, 7) is 3.60. The number of benzene rings is 1. The number of nitriles is 1. The van der Waals surface area contributed by atoms with Crippen molar-refractivity contribution < 1.29 is 9.53 Å². The van der Waals surface area contributed by atoms with Gasteiger partial charge in [0.15, 0.2) is 5.82 Å². The van der Waals surface area contributed by atoms with Crippen LogP contribution in [-0.4, -0.2) is 42.5 Å². The van der Waals surface area contributed by atoms with Crippen LogP contribution in [0.15, 0.2) is 23.2 Å². The van der Waals surface area contributed by atoms with Gasteiger partial charge in [-0.1, -0.05) is 23.2 Å². The lowest BCUT2D eigenvalue weighted by Crippen LogP contribution is -2.13. The van der Waals surface area contributed by atoms with Crippen LogP contribution in [0, 0.1) is 18.3 Å². The van der Waals surface area contributed by atoms with Crippen molar-refractivity contribution in [3.8, 4) is 11.8 Å². The van der Waals surface area contributed by atoms with E-state index < -0.39 is 5.97 Å². The van der Waals surface area contributed by atoms with Crippen molar-refractivity contribution in [3.63, 3.8) is 0 Å². The van der Waals surface area contributed by atoms with E-state index in [4.69, 9.17) is 27.9 Å². The van der Waals surface area contributed by atoms with Crippen LogP contribution in [0.5, 0.6) is 0 Å². The predicted octanol–water partition coefficient (Wildman–Crippen LogP) is 4.36. The Morgan fingerprint density at radius 3 is 2.65 bits per heavy atom. The molecular weight excluding hydrogens is 375 g/mol. The molecule has 0 aliphatic carbocycles. The molecule has 8 heteroatoms. The van der Waals surface area contributed by atoms with Crippen molar-refractivity contribution in [1.82, 2.24) is 9.47 Å². The van der Waals surface area contributed by atoms with Crippen molar-refractivity contribution in [2.24, 2.45) is 4.99 Å². The molecule has 0 spiro atoms. The topological polar surface area (TPSA) is 70.6 Å². The number of carbonyl (C=O) groups is 1. The molecule has 0 radical (unpaired) electrons. The van der Waals surface area contributed by atoms with Gasteiger partial charge in [0.1, 0.15) is 17.3 Å². The van der Waals surface area contributed by atoms with Crippen molar-refractivity contribution in [2.45, 2.75) is 13.8 Å². The molecule has 0 aliphatic heterocycles. The third kappa shape index (κ3) is 3.85. The van der Waals surface area contributed by atoms with Gasteiger partial charge in [-0.15, -0.1) is 0 Å². The molecule has 0 bridgehead atoms. The quantitative estimate of drug-likeness (QED) is 0.430. The highest BCUT2D eigenvalue weighted by atomic mass is 35.5. The number of esters is 1. The summed E-state index contributed by atoms with van der Waals surface area (Å²) in [5, 5.41) is 10.4. The van der Waals surface area contributed by atoms with Crippen molar-refractivity contribution in [2.75, 3.05) is 20.7 Å². The molecule has 26 heavy (non-hydrogen) atoms. The summed E-state index contributed by atoms with van der Waals surface area (Å²) in [5.74, 6) is -0.259. The van der Waals surface area contributed by atoms with Crippen LogP contribution < -0.4 is 0 Å². The van der Waals surface area contributed by atoms with Gasteiger partial charge in [0.2, 0.25) is 0 Å². The van der Waals surface area contributed by atoms with E-state index in [1.165, 1.54) is 4.57 Å². The van der Waals surface area contributed by atoms with Gasteiger partial charge in [0.25, 0.3) is 0 Å². The van der Waals surface area contributed by atoms with E-state index in [2.05, 4.69) is 11.1 Å². The van der Waals surface area contributed by atoms with E-state index in [0.29, 0.717) is 27.1 Å². The highest BCUT2D eigenvalue weighted by Gasteiger charge is 2.27. The summed E-state index contributed by atoms with van der Waals surface area (Å²) in [6.07, 6.45) is 1.55. The normalized spacial score (nSPS) is 10.8. The van der Waals surface area contributed by atoms with Crippen LogP contribution in [0.1, 0.15) is 28.5 Å². The lowest BCUT2D eigenvalue weighted by molar-refractivity contribution is 0.0516. The van der Waals surface area contributed by atoms with Crippen molar-refractivity contribution in [1.29, 1.82) is 5.26 Å². The third-order valence-electron chi connectivity index (χ3n) is 3.53. The largest absolute Gasteiger partial charge is 0.461 e. The number of hydrogen-bond acceptors (Lipinski definition) is 4. The number of rotatable bonds is 5. The standard InChI is InChI=1S/C18H18Cl2N4O2/c1-5-26-18(25)16-11(2)13(9-21)17(22-10-23(3)4)24(16)15-7-6-12(19)8-14(15)20/h6-8,10H,5H2,1-4H3/b22-10+. The highest BCUT2D eigenvalue weighted by Crippen LogP contribution is 2.36. The van der Waals surface area contributed by atoms with Gasteiger partial charge >= 0.3 is 5.97 Å². The zero-order valence-electron chi connectivity index (χ0n) is 14.9. The zero-order chi connectivity index (χ0) is 19.4. The van der Waals surface area contributed by atoms with Gasteiger partial charge in [0, 0.05) is 24.7 Å². The Balaban J connectivity index is 2.88. The van der Waals surface area contributed by atoms with Crippen LogP contribution in [0.3, 0.4) is 0 Å². The second kappa shape index (κ2) is 8.26. The average Bonchev–Trinajstić information content (AvgIpc) is 2.84. The van der Waals surface area contributed by atoms with Gasteiger partial charge < -0.3 is 9.64 Å². The molecule has 0 atom stereocenters. The smallest absolute Gasteiger partial charge is 0.355 e. The van der Waals surface area contributed by atoms with Crippen LogP contribution in [0.2, 0.25) is 10.0 Å². The molecule has 2 rings (SSSR count). The number of carbonyl (C=O) groups excluding carboxylic acids is 1. The molecule has 136 valence electrons. The molecule has 6 nitrogen and oxygen atoms in total. The molecule has 0 saturated carbocycles. The second-order valence-electron chi connectivity index (χ2n) is 5.64. The average molecular weight is 393 g/mol. The molecule has 2 aromatic rings. The first-order valence-electron chi connectivity index (χ1n) is 7.80. The maximum atomic E-state index is 12.6. The Morgan fingerprint density at radius 1 is 1.42 bits per heavy atom. The molecule has 1 aromatic carbocycles. The maximum Gasteiger partial charge on any atom is 0.355 e. The lowest BCUT2D eigenvalue weighted by atomic mass is 10.2. The summed E-state index contributed by atoms with van der Waals surface area (Å²) in [5.41, 5.74) is 1.44. The SMILES string of the molecule is CCOC(=O)c1c(C)c(C#N)c(/N=C/N(C)C)n1-c1ccc(Cl)cc1Cl. The van der Waals surface area contributed by atoms with E-state index in [1.807, 2.05) is 0 Å². The molecular formula is C18H18Cl2N4O2. The predicted molar refractivity (Wildman–Crippen MR) is 103 cm³/mol. The Hall–Kier alpha value is -2.49. The molecule has 0 fully saturated rings. The molecule has 1 heterocycles. The Kier molecular flexibility index (Phi) is 6.30. The first-order chi connectivity index (χ1) is 12.3. The molecule has 0 N–H and O–H groups in total. The van der Waals surface area contributed by atoms with E-state index in [-0.39, 0.29) is 17.9 Å². The number of halogens is 2. The van der Waals surface area contributed by atoms with Gasteiger partial charge in [0.05, 0.1) is 23.7 Å². The van der Waals surface area contributed by atoms with Crippen LogP contribution in [0.25, 0.3) is 5.69 Å². The Bertz CT molecular complexity index is 911. The summed E-state index contributed by atoms with van der Waals surface area (Å²) in [4.78, 5) is 18.7. The number of ether oxygens (including phenoxy) is 1. The van der Waals surface area contributed by atoms with E-state index >= 15 is 0 Å². The summed E-state index contributed by atoms with van der Waals surface area (Å²) < 4.78 is 6.70. The molecule has 1 aromatic heterocycles. The minimum atomic E-state index is -0.557. The van der Waals surface area contributed by atoms with Crippen molar-refractivity contribution >= 4 is 41.3 Å². The van der Waals surface area contributed by atoms with E-state index in [9.17, 15) is 10.1 Å². The van der Waals surface area contributed by atoms with Crippen LogP contribution >= 0.6 is 23.2 Å². The number of aromatic nitrogens is 1. The number of hydrogen-bond donors (Lipinski definition) is 0.